The summed E-state index contributed by atoms with van der Waals surface area (Å²) in [6.45, 7) is 4.80. The van der Waals surface area contributed by atoms with Crippen molar-refractivity contribution in [2.75, 3.05) is 12.5 Å². The third kappa shape index (κ3) is 4.55. The zero-order chi connectivity index (χ0) is 22.3. The third-order valence-electron chi connectivity index (χ3n) is 5.33. The summed E-state index contributed by atoms with van der Waals surface area (Å²) in [6, 6.07) is 12.0. The quantitative estimate of drug-likeness (QED) is 0.451. The highest BCUT2D eigenvalue weighted by molar-refractivity contribution is 5.85. The third-order valence-corrected chi connectivity index (χ3v) is 5.33. The van der Waals surface area contributed by atoms with E-state index in [-0.39, 0.29) is 25.0 Å². The maximum absolute atomic E-state index is 13.1. The van der Waals surface area contributed by atoms with Crippen LogP contribution in [0.3, 0.4) is 0 Å². The number of fused-ring (bicyclic) bond motifs is 2. The molecule has 172 valence electrons. The molecule has 2 N–H and O–H groups in total. The topological polar surface area (TPSA) is 97.3 Å². The lowest BCUT2D eigenvalue weighted by Crippen LogP contribution is -2.23. The van der Waals surface area contributed by atoms with Crippen molar-refractivity contribution in [3.63, 3.8) is 0 Å². The van der Waals surface area contributed by atoms with Crippen LogP contribution in [0.2, 0.25) is 0 Å². The van der Waals surface area contributed by atoms with E-state index in [4.69, 9.17) is 24.9 Å². The molecule has 0 bridgehead atoms. The fraction of sp³-hybridized carbons (Fsp3) is 0.261. The summed E-state index contributed by atoms with van der Waals surface area (Å²) in [4.78, 5) is 13.6. The van der Waals surface area contributed by atoms with Crippen LogP contribution in [0.4, 0.5) is 10.2 Å². The van der Waals surface area contributed by atoms with Crippen molar-refractivity contribution in [2.24, 2.45) is 0 Å². The minimum Gasteiger partial charge on any atom is -0.454 e. The van der Waals surface area contributed by atoms with E-state index in [2.05, 4.69) is 9.97 Å². The van der Waals surface area contributed by atoms with Gasteiger partial charge in [-0.15, -0.1) is 12.4 Å². The van der Waals surface area contributed by atoms with Crippen LogP contribution in [-0.2, 0) is 23.5 Å². The molecule has 0 spiro atoms. The highest BCUT2D eigenvalue weighted by Gasteiger charge is 2.30. The Morgan fingerprint density at radius 2 is 1.79 bits per heavy atom. The fourth-order valence-corrected chi connectivity index (χ4v) is 3.48. The van der Waals surface area contributed by atoms with Crippen LogP contribution in [0.15, 0.2) is 48.8 Å². The average Bonchev–Trinajstić information content (AvgIpc) is 3.43. The van der Waals surface area contributed by atoms with Gasteiger partial charge in [-0.1, -0.05) is 18.2 Å². The van der Waals surface area contributed by atoms with E-state index >= 15 is 0 Å². The van der Waals surface area contributed by atoms with E-state index in [9.17, 15) is 4.39 Å². The molecule has 0 aliphatic carbocycles. The molecule has 0 unspecified atom stereocenters. The minimum atomic E-state index is -0.795. The van der Waals surface area contributed by atoms with Gasteiger partial charge in [0.15, 0.2) is 34.7 Å². The van der Waals surface area contributed by atoms with Gasteiger partial charge in [-0.3, -0.25) is 0 Å². The predicted molar refractivity (Wildman–Crippen MR) is 122 cm³/mol. The summed E-state index contributed by atoms with van der Waals surface area (Å²) in [7, 11) is 0. The predicted octanol–water partition coefficient (Wildman–Crippen LogP) is 4.15. The number of imidazole rings is 1. The largest absolute Gasteiger partial charge is 0.454 e. The number of benzene rings is 2. The van der Waals surface area contributed by atoms with E-state index in [1.807, 2.05) is 36.6 Å². The molecule has 10 heteroatoms. The van der Waals surface area contributed by atoms with Gasteiger partial charge in [-0.05, 0) is 49.2 Å². The molecule has 0 amide bonds. The Morgan fingerprint density at radius 1 is 1.06 bits per heavy atom. The lowest BCUT2D eigenvalue weighted by Gasteiger charge is -2.22. The Hall–Kier alpha value is -3.43. The van der Waals surface area contributed by atoms with Gasteiger partial charge in [0.1, 0.15) is 11.4 Å². The summed E-state index contributed by atoms with van der Waals surface area (Å²) in [6.07, 6.45) is 1.65. The molecule has 3 aliphatic heterocycles. The monoisotopic (exact) mass is 471 g/mol. The number of ether oxygens (including phenoxy) is 3. The van der Waals surface area contributed by atoms with Crippen molar-refractivity contribution in [3.8, 4) is 23.0 Å². The maximum atomic E-state index is 13.1. The molecule has 0 radical (unpaired) electrons. The van der Waals surface area contributed by atoms with Crippen molar-refractivity contribution in [1.29, 1.82) is 0 Å². The molecule has 5 rings (SSSR count). The van der Waals surface area contributed by atoms with Crippen molar-refractivity contribution < 1.29 is 18.6 Å². The van der Waals surface area contributed by atoms with Crippen LogP contribution >= 0.6 is 12.4 Å². The smallest absolute Gasteiger partial charge is 0.231 e. The second-order valence-corrected chi connectivity index (χ2v) is 8.09. The lowest BCUT2D eigenvalue weighted by molar-refractivity contribution is -0.0393. The number of aromatic nitrogens is 4. The molecule has 0 fully saturated rings. The van der Waals surface area contributed by atoms with Gasteiger partial charge >= 0.3 is 0 Å². The number of nitrogens with two attached hydrogens (primary N) is 1. The van der Waals surface area contributed by atoms with Crippen LogP contribution in [-0.4, -0.2) is 26.3 Å². The first-order valence-electron chi connectivity index (χ1n) is 10.1. The zero-order valence-corrected chi connectivity index (χ0v) is 18.9. The number of rotatable bonds is 6. The Bertz CT molecular complexity index is 1250. The lowest BCUT2D eigenvalue weighted by atomic mass is 10.1. The van der Waals surface area contributed by atoms with E-state index in [0.717, 1.165) is 16.9 Å². The molecule has 0 atom stereocenters. The van der Waals surface area contributed by atoms with E-state index in [0.29, 0.717) is 42.1 Å². The highest BCUT2D eigenvalue weighted by Crippen LogP contribution is 2.34. The van der Waals surface area contributed by atoms with E-state index < -0.39 is 5.60 Å². The molecule has 2 aromatic rings. The van der Waals surface area contributed by atoms with Gasteiger partial charge in [-0.2, -0.15) is 0 Å². The summed E-state index contributed by atoms with van der Waals surface area (Å²) in [5.74, 6) is 2.57. The number of halogens is 2. The first-order chi connectivity index (χ1) is 15.4. The average molecular weight is 472 g/mol. The molecule has 0 aromatic heterocycles. The highest BCUT2D eigenvalue weighted by atomic mass is 35.5. The summed E-state index contributed by atoms with van der Waals surface area (Å²) >= 11 is 0. The van der Waals surface area contributed by atoms with Gasteiger partial charge in [-0.25, -0.2) is 19.3 Å². The molecule has 0 saturated carbocycles. The van der Waals surface area contributed by atoms with Gasteiger partial charge in [0.05, 0.1) is 19.5 Å². The Morgan fingerprint density at radius 3 is 2.58 bits per heavy atom. The van der Waals surface area contributed by atoms with E-state index in [1.54, 1.807) is 18.5 Å². The van der Waals surface area contributed by atoms with Crippen LogP contribution < -0.4 is 15.2 Å². The van der Waals surface area contributed by atoms with Gasteiger partial charge in [0.25, 0.3) is 0 Å². The molecule has 3 heterocycles. The Labute approximate surface area is 196 Å². The van der Waals surface area contributed by atoms with Crippen LogP contribution in [0, 0.1) is 5.82 Å². The second-order valence-electron chi connectivity index (χ2n) is 8.09. The maximum Gasteiger partial charge on any atom is 0.231 e. The molecule has 0 saturated heterocycles. The van der Waals surface area contributed by atoms with E-state index in [1.165, 1.54) is 12.1 Å². The molecular weight excluding hydrogens is 449 g/mol. The first-order valence-corrected chi connectivity index (χ1v) is 10.1. The fourth-order valence-electron chi connectivity index (χ4n) is 3.48. The summed E-state index contributed by atoms with van der Waals surface area (Å²) < 4.78 is 32.0. The standard InChI is InChI=1S/C23H22FN5O3.ClH/c1-23(2,32-11-14-3-6-16(24)7-4-14)22-27-19-20(25)26-12-29(21(19)28-22)10-15-5-8-17-18(9-15)31-13-30-17;/h3-9,12H,10-11,13,25H2,1-2H3;1H. The first kappa shape index (κ1) is 22.8. The Kier molecular flexibility index (Phi) is 6.09. The van der Waals surface area contributed by atoms with Crippen LogP contribution in [0.5, 0.6) is 11.5 Å². The van der Waals surface area contributed by atoms with Crippen molar-refractivity contribution in [3.05, 3.63) is 71.6 Å². The molecule has 3 aliphatic rings. The van der Waals surface area contributed by atoms with Gasteiger partial charge < -0.3 is 24.5 Å². The summed E-state index contributed by atoms with van der Waals surface area (Å²) in [5.41, 5.74) is 7.67. The SMILES string of the molecule is CC(C)(OCc1ccc(F)cc1)c1nc2c(N)ncn(Cc3ccc4c(c3)OCO4)c-2n1.Cl. The number of hydrogen-bond acceptors (Lipinski definition) is 7. The molecule has 33 heavy (non-hydrogen) atoms. The number of anilines is 1. The number of nitrogens with zero attached hydrogens (tertiary/aromatic N) is 4. The molecule has 8 nitrogen and oxygen atoms in total. The minimum absolute atomic E-state index is 0. The summed E-state index contributed by atoms with van der Waals surface area (Å²) in [5, 5.41) is 0. The Balaban J connectivity index is 0.00000259. The van der Waals surface area contributed by atoms with Gasteiger partial charge in [0.2, 0.25) is 6.79 Å². The van der Waals surface area contributed by atoms with Crippen LogP contribution in [0.25, 0.3) is 11.5 Å². The normalized spacial score (nSPS) is 12.7. The van der Waals surface area contributed by atoms with Crippen molar-refractivity contribution in [2.45, 2.75) is 32.6 Å². The molecule has 2 aromatic carbocycles. The van der Waals surface area contributed by atoms with Crippen LogP contribution in [0.1, 0.15) is 30.8 Å². The number of nitrogen functional groups attached to an aromatic ring is 1. The second kappa shape index (κ2) is 8.84. The number of hydrogen-bond donors (Lipinski definition) is 1. The van der Waals surface area contributed by atoms with Crippen molar-refractivity contribution in [1.82, 2.24) is 19.5 Å². The zero-order valence-electron chi connectivity index (χ0n) is 18.1. The van der Waals surface area contributed by atoms with Gasteiger partial charge in [0, 0.05) is 0 Å². The molecular formula is C23H23ClFN5O3. The van der Waals surface area contributed by atoms with Crippen molar-refractivity contribution >= 4 is 18.2 Å².